The van der Waals surface area contributed by atoms with Gasteiger partial charge in [-0.2, -0.15) is 0 Å². The topological polar surface area (TPSA) is 70.7 Å². The molecule has 3 aromatic rings. The van der Waals surface area contributed by atoms with Crippen molar-refractivity contribution in [3.05, 3.63) is 72.0 Å². The number of carbonyl (C=O) groups is 1. The molecule has 0 bridgehead atoms. The van der Waals surface area contributed by atoms with Crippen LogP contribution in [0.15, 0.2) is 65.3 Å². The first-order chi connectivity index (χ1) is 10.1. The highest BCUT2D eigenvalue weighted by Crippen LogP contribution is 2.27. The van der Waals surface area contributed by atoms with Crippen molar-refractivity contribution < 1.29 is 19.4 Å². The van der Waals surface area contributed by atoms with Crippen LogP contribution in [0.25, 0.3) is 16.7 Å². The van der Waals surface area contributed by atoms with Crippen molar-refractivity contribution in [1.29, 1.82) is 0 Å². The monoisotopic (exact) mass is 280 g/mol. The van der Waals surface area contributed by atoms with Gasteiger partial charge in [0.1, 0.15) is 17.1 Å². The SMILES string of the molecule is O=C(/C=C(\O)c1ccccc1)c1cc2ccoc2cc1O. The van der Waals surface area contributed by atoms with E-state index >= 15 is 0 Å². The van der Waals surface area contributed by atoms with Crippen molar-refractivity contribution in [2.24, 2.45) is 0 Å². The van der Waals surface area contributed by atoms with Gasteiger partial charge in [0.2, 0.25) is 0 Å². The maximum absolute atomic E-state index is 12.2. The van der Waals surface area contributed by atoms with Crippen molar-refractivity contribution in [1.82, 2.24) is 0 Å². The molecule has 0 atom stereocenters. The van der Waals surface area contributed by atoms with Gasteiger partial charge in [0.05, 0.1) is 11.8 Å². The second-order valence-electron chi connectivity index (χ2n) is 4.59. The summed E-state index contributed by atoms with van der Waals surface area (Å²) in [6.07, 6.45) is 2.58. The molecule has 104 valence electrons. The zero-order chi connectivity index (χ0) is 14.8. The Labute approximate surface area is 120 Å². The zero-order valence-corrected chi connectivity index (χ0v) is 11.0. The lowest BCUT2D eigenvalue weighted by Crippen LogP contribution is -1.97. The Morgan fingerprint density at radius 2 is 1.86 bits per heavy atom. The average Bonchev–Trinajstić information content (AvgIpc) is 2.94. The highest BCUT2D eigenvalue weighted by Gasteiger charge is 2.13. The summed E-state index contributed by atoms with van der Waals surface area (Å²) in [4.78, 5) is 12.2. The van der Waals surface area contributed by atoms with E-state index in [4.69, 9.17) is 4.42 Å². The Morgan fingerprint density at radius 1 is 1.10 bits per heavy atom. The second-order valence-corrected chi connectivity index (χ2v) is 4.59. The molecular formula is C17H12O4. The standard InChI is InChI=1S/C17H12O4/c18-14(11-4-2-1-3-5-11)9-15(19)13-8-12-6-7-21-17(12)10-16(13)20/h1-10,18,20H/b14-9-. The molecule has 0 unspecified atom stereocenters. The maximum atomic E-state index is 12.2. The van der Waals surface area contributed by atoms with E-state index in [2.05, 4.69) is 0 Å². The van der Waals surface area contributed by atoms with Crippen LogP contribution in [0.5, 0.6) is 5.75 Å². The summed E-state index contributed by atoms with van der Waals surface area (Å²) in [5.74, 6) is -0.802. The molecule has 0 aliphatic carbocycles. The molecule has 0 saturated carbocycles. The number of aromatic hydroxyl groups is 1. The van der Waals surface area contributed by atoms with Crippen LogP contribution in [0, 0.1) is 0 Å². The van der Waals surface area contributed by atoms with Crippen LogP contribution in [-0.4, -0.2) is 16.0 Å². The van der Waals surface area contributed by atoms with E-state index in [1.165, 1.54) is 18.4 Å². The molecule has 0 spiro atoms. The molecule has 3 rings (SSSR count). The first-order valence-corrected chi connectivity index (χ1v) is 6.36. The minimum atomic E-state index is -0.475. The summed E-state index contributed by atoms with van der Waals surface area (Å²) < 4.78 is 5.15. The van der Waals surface area contributed by atoms with E-state index in [0.717, 1.165) is 6.08 Å². The summed E-state index contributed by atoms with van der Waals surface area (Å²) in [5.41, 5.74) is 1.15. The Kier molecular flexibility index (Phi) is 3.20. The van der Waals surface area contributed by atoms with Crippen LogP contribution in [0.4, 0.5) is 0 Å². The van der Waals surface area contributed by atoms with Gasteiger partial charge < -0.3 is 14.6 Å². The molecular weight excluding hydrogens is 268 g/mol. The van der Waals surface area contributed by atoms with Crippen molar-refractivity contribution >= 4 is 22.5 Å². The molecule has 4 heteroatoms. The number of hydrogen-bond acceptors (Lipinski definition) is 4. The number of allylic oxidation sites excluding steroid dienone is 1. The van der Waals surface area contributed by atoms with E-state index < -0.39 is 5.78 Å². The van der Waals surface area contributed by atoms with Gasteiger partial charge in [0, 0.05) is 23.1 Å². The number of aliphatic hydroxyl groups is 1. The predicted molar refractivity (Wildman–Crippen MR) is 79.3 cm³/mol. The largest absolute Gasteiger partial charge is 0.507 e. The fourth-order valence-electron chi connectivity index (χ4n) is 2.09. The van der Waals surface area contributed by atoms with Gasteiger partial charge in [-0.25, -0.2) is 0 Å². The summed E-state index contributed by atoms with van der Waals surface area (Å²) >= 11 is 0. The number of furan rings is 1. The van der Waals surface area contributed by atoms with Gasteiger partial charge >= 0.3 is 0 Å². The number of rotatable bonds is 3. The van der Waals surface area contributed by atoms with Crippen molar-refractivity contribution in [2.45, 2.75) is 0 Å². The molecule has 0 saturated heterocycles. The second kappa shape index (κ2) is 5.17. The smallest absolute Gasteiger partial charge is 0.193 e. The van der Waals surface area contributed by atoms with Gasteiger partial charge in [-0.15, -0.1) is 0 Å². The van der Waals surface area contributed by atoms with E-state index in [0.29, 0.717) is 16.5 Å². The first kappa shape index (κ1) is 13.0. The van der Waals surface area contributed by atoms with Crippen molar-refractivity contribution in [2.75, 3.05) is 0 Å². The summed E-state index contributed by atoms with van der Waals surface area (Å²) in [6.45, 7) is 0. The van der Waals surface area contributed by atoms with Crippen molar-refractivity contribution in [3.8, 4) is 5.75 Å². The number of aliphatic hydroxyl groups excluding tert-OH is 1. The molecule has 1 heterocycles. The first-order valence-electron chi connectivity index (χ1n) is 6.36. The Morgan fingerprint density at radius 3 is 2.62 bits per heavy atom. The lowest BCUT2D eigenvalue weighted by Gasteiger charge is -2.03. The van der Waals surface area contributed by atoms with E-state index in [1.807, 2.05) is 6.07 Å². The van der Waals surface area contributed by atoms with Crippen LogP contribution in [0.2, 0.25) is 0 Å². The van der Waals surface area contributed by atoms with Gasteiger partial charge in [-0.3, -0.25) is 4.79 Å². The predicted octanol–water partition coefficient (Wildman–Crippen LogP) is 3.92. The normalized spacial score (nSPS) is 11.7. The number of fused-ring (bicyclic) bond motifs is 1. The highest BCUT2D eigenvalue weighted by molar-refractivity contribution is 6.11. The van der Waals surface area contributed by atoms with E-state index in [1.54, 1.807) is 30.3 Å². The average molecular weight is 280 g/mol. The number of benzene rings is 2. The fourth-order valence-corrected chi connectivity index (χ4v) is 2.09. The van der Waals surface area contributed by atoms with Crippen LogP contribution < -0.4 is 0 Å². The van der Waals surface area contributed by atoms with Gasteiger partial charge in [0.25, 0.3) is 0 Å². The lowest BCUT2D eigenvalue weighted by atomic mass is 10.1. The molecule has 0 aliphatic heterocycles. The van der Waals surface area contributed by atoms with E-state index in [9.17, 15) is 15.0 Å². The molecule has 2 aromatic carbocycles. The minimum absolute atomic E-state index is 0.117. The molecule has 2 N–H and O–H groups in total. The molecule has 0 aliphatic rings. The van der Waals surface area contributed by atoms with Crippen LogP contribution in [-0.2, 0) is 0 Å². The Bertz CT molecular complexity index is 828. The van der Waals surface area contributed by atoms with Gasteiger partial charge in [0.15, 0.2) is 5.78 Å². The number of hydrogen-bond donors (Lipinski definition) is 2. The van der Waals surface area contributed by atoms with Crippen LogP contribution >= 0.6 is 0 Å². The van der Waals surface area contributed by atoms with Gasteiger partial charge in [-0.1, -0.05) is 30.3 Å². The fraction of sp³-hybridized carbons (Fsp3) is 0. The number of phenols is 1. The van der Waals surface area contributed by atoms with Crippen LogP contribution in [0.1, 0.15) is 15.9 Å². The number of phenolic OH excluding ortho intramolecular Hbond substituents is 1. The third kappa shape index (κ3) is 2.51. The Balaban J connectivity index is 1.98. The molecule has 0 fully saturated rings. The lowest BCUT2D eigenvalue weighted by molar-refractivity contribution is 0.104. The number of carbonyl (C=O) groups excluding carboxylic acids is 1. The molecule has 4 nitrogen and oxygen atoms in total. The van der Waals surface area contributed by atoms with Gasteiger partial charge in [-0.05, 0) is 12.1 Å². The third-order valence-corrected chi connectivity index (χ3v) is 3.17. The minimum Gasteiger partial charge on any atom is -0.507 e. The molecule has 1 aromatic heterocycles. The molecule has 0 amide bonds. The van der Waals surface area contributed by atoms with Crippen molar-refractivity contribution in [3.63, 3.8) is 0 Å². The molecule has 0 radical (unpaired) electrons. The van der Waals surface area contributed by atoms with Crippen LogP contribution in [0.3, 0.4) is 0 Å². The summed E-state index contributed by atoms with van der Waals surface area (Å²) in [5, 5.41) is 20.6. The zero-order valence-electron chi connectivity index (χ0n) is 11.0. The number of ketones is 1. The molecule has 21 heavy (non-hydrogen) atoms. The summed E-state index contributed by atoms with van der Waals surface area (Å²) in [7, 11) is 0. The summed E-state index contributed by atoms with van der Waals surface area (Å²) in [6, 6.07) is 13.3. The van der Waals surface area contributed by atoms with E-state index in [-0.39, 0.29) is 17.1 Å². The Hall–Kier alpha value is -3.01. The third-order valence-electron chi connectivity index (χ3n) is 3.17. The quantitative estimate of drug-likeness (QED) is 0.433. The maximum Gasteiger partial charge on any atom is 0.193 e. The highest BCUT2D eigenvalue weighted by atomic mass is 16.3.